The van der Waals surface area contributed by atoms with Gasteiger partial charge in [-0.05, 0) is 12.5 Å². The second kappa shape index (κ2) is 6.78. The Bertz CT molecular complexity index is 748. The lowest BCUT2D eigenvalue weighted by molar-refractivity contribution is -0.133. The van der Waals surface area contributed by atoms with Gasteiger partial charge in [0, 0.05) is 32.8 Å². The molecule has 2 aromatic rings. The highest BCUT2D eigenvalue weighted by Crippen LogP contribution is 2.26. The molecule has 1 aliphatic rings. The molecule has 1 atom stereocenters. The monoisotopic (exact) mass is 324 g/mol. The van der Waals surface area contributed by atoms with E-state index in [1.165, 1.54) is 6.33 Å². The van der Waals surface area contributed by atoms with Crippen molar-refractivity contribution in [3.05, 3.63) is 59.7 Å². The Balaban J connectivity index is 1.87. The second-order valence-electron chi connectivity index (χ2n) is 5.91. The Morgan fingerprint density at radius 3 is 2.58 bits per heavy atom. The van der Waals surface area contributed by atoms with Gasteiger partial charge in [-0.2, -0.15) is 0 Å². The van der Waals surface area contributed by atoms with Gasteiger partial charge in [-0.25, -0.2) is 9.97 Å². The Kier molecular flexibility index (Phi) is 4.55. The molecule has 124 valence electrons. The average Bonchev–Trinajstić information content (AvgIpc) is 2.61. The van der Waals surface area contributed by atoms with E-state index in [0.717, 1.165) is 5.56 Å². The molecule has 2 heterocycles. The molecule has 0 unspecified atom stereocenters. The molecule has 0 N–H and O–H groups in total. The predicted octanol–water partition coefficient (Wildman–Crippen LogP) is 1.83. The van der Waals surface area contributed by atoms with E-state index in [1.807, 2.05) is 35.2 Å². The molecule has 3 rings (SSSR count). The first-order valence-corrected chi connectivity index (χ1v) is 7.96. The van der Waals surface area contributed by atoms with Gasteiger partial charge in [0.25, 0.3) is 5.91 Å². The van der Waals surface area contributed by atoms with Gasteiger partial charge in [-0.1, -0.05) is 30.3 Å². The van der Waals surface area contributed by atoms with E-state index in [0.29, 0.717) is 30.9 Å². The van der Waals surface area contributed by atoms with Gasteiger partial charge in [-0.3, -0.25) is 9.59 Å². The van der Waals surface area contributed by atoms with Crippen molar-refractivity contribution in [2.24, 2.45) is 0 Å². The van der Waals surface area contributed by atoms with E-state index in [9.17, 15) is 9.59 Å². The number of aromatic nitrogens is 2. The van der Waals surface area contributed by atoms with Gasteiger partial charge in [-0.15, -0.1) is 0 Å². The van der Waals surface area contributed by atoms with Gasteiger partial charge < -0.3 is 9.80 Å². The van der Waals surface area contributed by atoms with Crippen LogP contribution >= 0.6 is 0 Å². The molecule has 1 fully saturated rings. The van der Waals surface area contributed by atoms with Crippen molar-refractivity contribution in [3.8, 4) is 0 Å². The SMILES string of the molecule is CC(=O)N1CCN(C(=O)c2cncnc2C)C[C@H]1c1ccccc1. The summed E-state index contributed by atoms with van der Waals surface area (Å²) >= 11 is 0. The lowest BCUT2D eigenvalue weighted by Crippen LogP contribution is -2.52. The van der Waals surface area contributed by atoms with Crippen molar-refractivity contribution in [2.75, 3.05) is 19.6 Å². The fourth-order valence-corrected chi connectivity index (χ4v) is 3.08. The fourth-order valence-electron chi connectivity index (χ4n) is 3.08. The van der Waals surface area contributed by atoms with Crippen LogP contribution in [0.4, 0.5) is 0 Å². The number of benzene rings is 1. The molecule has 0 radical (unpaired) electrons. The highest BCUT2D eigenvalue weighted by atomic mass is 16.2. The summed E-state index contributed by atoms with van der Waals surface area (Å²) in [5, 5.41) is 0. The normalized spacial score (nSPS) is 17.7. The van der Waals surface area contributed by atoms with Crippen molar-refractivity contribution in [3.63, 3.8) is 0 Å². The number of piperazine rings is 1. The summed E-state index contributed by atoms with van der Waals surface area (Å²) in [6.45, 7) is 4.87. The summed E-state index contributed by atoms with van der Waals surface area (Å²) in [6, 6.07) is 9.69. The van der Waals surface area contributed by atoms with Crippen LogP contribution in [0.5, 0.6) is 0 Å². The van der Waals surface area contributed by atoms with Crippen LogP contribution in [0.25, 0.3) is 0 Å². The molecule has 1 aromatic heterocycles. The van der Waals surface area contributed by atoms with Crippen LogP contribution in [0.15, 0.2) is 42.9 Å². The minimum absolute atomic E-state index is 0.0233. The number of carbonyl (C=O) groups excluding carboxylic acids is 2. The quantitative estimate of drug-likeness (QED) is 0.845. The first kappa shape index (κ1) is 16.1. The van der Waals surface area contributed by atoms with Gasteiger partial charge >= 0.3 is 0 Å². The van der Waals surface area contributed by atoms with Crippen LogP contribution in [0.3, 0.4) is 0 Å². The van der Waals surface area contributed by atoms with Gasteiger partial charge in [0.05, 0.1) is 17.3 Å². The number of carbonyl (C=O) groups is 2. The van der Waals surface area contributed by atoms with Gasteiger partial charge in [0.2, 0.25) is 5.91 Å². The molecule has 6 heteroatoms. The molecule has 24 heavy (non-hydrogen) atoms. The second-order valence-corrected chi connectivity index (χ2v) is 5.91. The van der Waals surface area contributed by atoms with E-state index in [4.69, 9.17) is 0 Å². The maximum Gasteiger partial charge on any atom is 0.257 e. The van der Waals surface area contributed by atoms with Crippen LogP contribution in [0.1, 0.15) is 34.6 Å². The van der Waals surface area contributed by atoms with E-state index in [1.54, 1.807) is 24.9 Å². The van der Waals surface area contributed by atoms with E-state index in [-0.39, 0.29) is 17.9 Å². The lowest BCUT2D eigenvalue weighted by Gasteiger charge is -2.41. The highest BCUT2D eigenvalue weighted by molar-refractivity contribution is 5.95. The zero-order valence-electron chi connectivity index (χ0n) is 13.8. The van der Waals surface area contributed by atoms with Gasteiger partial charge in [0.15, 0.2) is 0 Å². The molecule has 6 nitrogen and oxygen atoms in total. The first-order chi connectivity index (χ1) is 11.6. The molecule has 2 amide bonds. The number of hydrogen-bond acceptors (Lipinski definition) is 4. The highest BCUT2D eigenvalue weighted by Gasteiger charge is 2.32. The van der Waals surface area contributed by atoms with E-state index in [2.05, 4.69) is 9.97 Å². The first-order valence-electron chi connectivity index (χ1n) is 7.96. The summed E-state index contributed by atoms with van der Waals surface area (Å²) in [6.07, 6.45) is 2.99. The summed E-state index contributed by atoms with van der Waals surface area (Å²) in [4.78, 5) is 36.5. The summed E-state index contributed by atoms with van der Waals surface area (Å²) in [5.74, 6) is -0.0626. The van der Waals surface area contributed by atoms with Crippen molar-refractivity contribution in [2.45, 2.75) is 19.9 Å². The maximum absolute atomic E-state index is 12.8. The van der Waals surface area contributed by atoms with Crippen molar-refractivity contribution in [1.29, 1.82) is 0 Å². The number of hydrogen-bond donors (Lipinski definition) is 0. The number of aryl methyl sites for hydroxylation is 1. The number of nitrogens with zero attached hydrogens (tertiary/aromatic N) is 4. The number of amides is 2. The zero-order valence-corrected chi connectivity index (χ0v) is 13.8. The largest absolute Gasteiger partial charge is 0.334 e. The van der Waals surface area contributed by atoms with Crippen LogP contribution in [0, 0.1) is 6.92 Å². The molecule has 0 spiro atoms. The van der Waals surface area contributed by atoms with E-state index < -0.39 is 0 Å². The molecule has 0 bridgehead atoms. The smallest absolute Gasteiger partial charge is 0.257 e. The zero-order chi connectivity index (χ0) is 17.1. The minimum atomic E-state index is -0.133. The number of rotatable bonds is 2. The third kappa shape index (κ3) is 3.13. The van der Waals surface area contributed by atoms with Crippen LogP contribution in [-0.4, -0.2) is 51.2 Å². The molecular weight excluding hydrogens is 304 g/mol. The molecule has 0 saturated carbocycles. The summed E-state index contributed by atoms with van der Waals surface area (Å²) in [5.41, 5.74) is 2.21. The molecule has 0 aliphatic carbocycles. The van der Waals surface area contributed by atoms with E-state index >= 15 is 0 Å². The van der Waals surface area contributed by atoms with Crippen molar-refractivity contribution < 1.29 is 9.59 Å². The summed E-state index contributed by atoms with van der Waals surface area (Å²) in [7, 11) is 0. The Morgan fingerprint density at radius 1 is 1.17 bits per heavy atom. The topological polar surface area (TPSA) is 66.4 Å². The third-order valence-electron chi connectivity index (χ3n) is 4.40. The van der Waals surface area contributed by atoms with Crippen LogP contribution in [-0.2, 0) is 4.79 Å². The van der Waals surface area contributed by atoms with Gasteiger partial charge in [0.1, 0.15) is 6.33 Å². The average molecular weight is 324 g/mol. The Labute approximate surface area is 141 Å². The van der Waals surface area contributed by atoms with Crippen molar-refractivity contribution in [1.82, 2.24) is 19.8 Å². The fraction of sp³-hybridized carbons (Fsp3) is 0.333. The predicted molar refractivity (Wildman–Crippen MR) is 89.2 cm³/mol. The van der Waals surface area contributed by atoms with Crippen LogP contribution < -0.4 is 0 Å². The molecule has 1 saturated heterocycles. The maximum atomic E-state index is 12.8. The standard InChI is InChI=1S/C18H20N4O2/c1-13-16(10-19-12-20-13)18(24)21-8-9-22(14(2)23)17(11-21)15-6-4-3-5-7-15/h3-7,10,12,17H,8-9,11H2,1-2H3/t17-/m0/s1. The molecule has 1 aliphatic heterocycles. The van der Waals surface area contributed by atoms with Crippen molar-refractivity contribution >= 4 is 11.8 Å². The van der Waals surface area contributed by atoms with Crippen LogP contribution in [0.2, 0.25) is 0 Å². The summed E-state index contributed by atoms with van der Waals surface area (Å²) < 4.78 is 0. The lowest BCUT2D eigenvalue weighted by atomic mass is 10.0. The Hall–Kier alpha value is -2.76. The molecular formula is C18H20N4O2. The Morgan fingerprint density at radius 2 is 1.92 bits per heavy atom. The molecule has 1 aromatic carbocycles. The minimum Gasteiger partial charge on any atom is -0.334 e. The third-order valence-corrected chi connectivity index (χ3v) is 4.40.